The second-order valence-corrected chi connectivity index (χ2v) is 7.70. The first-order valence-electron chi connectivity index (χ1n) is 6.53. The first kappa shape index (κ1) is 15.5. The number of amides is 1. The van der Waals surface area contributed by atoms with Crippen molar-refractivity contribution in [2.75, 3.05) is 10.9 Å². The molecule has 0 aliphatic carbocycles. The van der Waals surface area contributed by atoms with Gasteiger partial charge in [0.05, 0.1) is 12.3 Å². The fourth-order valence-corrected chi connectivity index (χ4v) is 3.56. The molecule has 1 aliphatic rings. The standard InChI is InChI=1S/C15H17NO4S/c1-11-7-8-12(6-4-5-9-17)10-13(11)16-14(18)15(2,3)21(16,19)20/h7-8,10,17H,5,9H2,1-3H3. The smallest absolute Gasteiger partial charge is 0.263 e. The Kier molecular flexibility index (Phi) is 3.83. The van der Waals surface area contributed by atoms with Crippen LogP contribution < -0.4 is 4.31 Å². The lowest BCUT2D eigenvalue weighted by Gasteiger charge is -2.43. The van der Waals surface area contributed by atoms with Crippen molar-refractivity contribution < 1.29 is 18.3 Å². The summed E-state index contributed by atoms with van der Waals surface area (Å²) in [4.78, 5) is 12.1. The van der Waals surface area contributed by atoms with Crippen LogP contribution in [0.2, 0.25) is 0 Å². The van der Waals surface area contributed by atoms with Crippen molar-refractivity contribution in [1.82, 2.24) is 0 Å². The van der Waals surface area contributed by atoms with Gasteiger partial charge in [0, 0.05) is 12.0 Å². The molecule has 1 N–H and O–H groups in total. The molecule has 0 saturated carbocycles. The topological polar surface area (TPSA) is 74.7 Å². The molecule has 1 aromatic carbocycles. The van der Waals surface area contributed by atoms with Crippen molar-refractivity contribution >= 4 is 21.6 Å². The summed E-state index contributed by atoms with van der Waals surface area (Å²) in [6, 6.07) is 5.07. The molecule has 0 unspecified atom stereocenters. The average molecular weight is 307 g/mol. The Labute approximate surface area is 124 Å². The van der Waals surface area contributed by atoms with E-state index in [4.69, 9.17) is 5.11 Å². The average Bonchev–Trinajstić information content (AvgIpc) is 2.42. The SMILES string of the molecule is Cc1ccc(C#CCCO)cc1N1C(=O)C(C)(C)S1(=O)=O. The Morgan fingerprint density at radius 2 is 2.00 bits per heavy atom. The maximum absolute atomic E-state index is 12.2. The molecule has 1 heterocycles. The molecular weight excluding hydrogens is 290 g/mol. The van der Waals surface area contributed by atoms with Crippen LogP contribution in [0.15, 0.2) is 18.2 Å². The third kappa shape index (κ3) is 2.33. The first-order chi connectivity index (χ1) is 9.73. The second kappa shape index (κ2) is 5.17. The van der Waals surface area contributed by atoms with Crippen LogP contribution in [-0.2, 0) is 14.8 Å². The highest BCUT2D eigenvalue weighted by Gasteiger charge is 2.61. The lowest BCUT2D eigenvalue weighted by atomic mass is 10.1. The third-order valence-corrected chi connectivity index (χ3v) is 5.79. The Hall–Kier alpha value is -1.84. The van der Waals surface area contributed by atoms with Crippen molar-refractivity contribution in [3.8, 4) is 11.8 Å². The number of aryl methyl sites for hydroxylation is 1. The lowest BCUT2D eigenvalue weighted by Crippen LogP contribution is -2.67. The Morgan fingerprint density at radius 3 is 2.57 bits per heavy atom. The normalized spacial score (nSPS) is 18.7. The van der Waals surface area contributed by atoms with Crippen molar-refractivity contribution in [1.29, 1.82) is 0 Å². The molecular formula is C15H17NO4S. The third-order valence-electron chi connectivity index (χ3n) is 3.48. The molecule has 1 fully saturated rings. The summed E-state index contributed by atoms with van der Waals surface area (Å²) < 4.78 is 24.0. The van der Waals surface area contributed by atoms with E-state index in [1.807, 2.05) is 0 Å². The zero-order chi connectivity index (χ0) is 15.8. The number of sulfonamides is 1. The molecule has 21 heavy (non-hydrogen) atoms. The van der Waals surface area contributed by atoms with Crippen molar-refractivity contribution in [3.63, 3.8) is 0 Å². The van der Waals surface area contributed by atoms with E-state index >= 15 is 0 Å². The van der Waals surface area contributed by atoms with E-state index in [1.54, 1.807) is 25.1 Å². The van der Waals surface area contributed by atoms with Gasteiger partial charge in [-0.25, -0.2) is 12.7 Å². The minimum atomic E-state index is -3.67. The Morgan fingerprint density at radius 1 is 1.33 bits per heavy atom. The van der Waals surface area contributed by atoms with Crippen LogP contribution in [0.1, 0.15) is 31.4 Å². The van der Waals surface area contributed by atoms with Gasteiger partial charge in [-0.2, -0.15) is 0 Å². The molecule has 1 aromatic rings. The van der Waals surface area contributed by atoms with Gasteiger partial charge in [0.2, 0.25) is 0 Å². The van der Waals surface area contributed by atoms with E-state index in [9.17, 15) is 13.2 Å². The summed E-state index contributed by atoms with van der Waals surface area (Å²) in [6.45, 7) is 4.52. The fraction of sp³-hybridized carbons (Fsp3) is 0.400. The van der Waals surface area contributed by atoms with Crippen LogP contribution in [0.3, 0.4) is 0 Å². The zero-order valence-electron chi connectivity index (χ0n) is 12.2. The van der Waals surface area contributed by atoms with Crippen molar-refractivity contribution in [2.24, 2.45) is 0 Å². The Bertz CT molecular complexity index is 754. The van der Waals surface area contributed by atoms with Crippen LogP contribution in [0.25, 0.3) is 0 Å². The van der Waals surface area contributed by atoms with E-state index in [2.05, 4.69) is 11.8 Å². The van der Waals surface area contributed by atoms with Gasteiger partial charge in [0.1, 0.15) is 0 Å². The summed E-state index contributed by atoms with van der Waals surface area (Å²) in [5.41, 5.74) is 1.64. The van der Waals surface area contributed by atoms with Crippen LogP contribution in [0.5, 0.6) is 0 Å². The number of carbonyl (C=O) groups excluding carboxylic acids is 1. The van der Waals surface area contributed by atoms with Gasteiger partial charge < -0.3 is 5.11 Å². The summed E-state index contributed by atoms with van der Waals surface area (Å²) in [5, 5.41) is 8.70. The van der Waals surface area contributed by atoms with E-state index in [1.165, 1.54) is 13.8 Å². The van der Waals surface area contributed by atoms with E-state index < -0.39 is 20.7 Å². The summed E-state index contributed by atoms with van der Waals surface area (Å²) in [7, 11) is -3.67. The van der Waals surface area contributed by atoms with E-state index in [0.29, 0.717) is 23.2 Å². The molecule has 2 rings (SSSR count). The highest BCUT2D eigenvalue weighted by Crippen LogP contribution is 2.40. The van der Waals surface area contributed by atoms with E-state index in [0.717, 1.165) is 4.31 Å². The number of hydrogen-bond donors (Lipinski definition) is 1. The second-order valence-electron chi connectivity index (χ2n) is 5.36. The number of aliphatic hydroxyl groups is 1. The van der Waals surface area contributed by atoms with Gasteiger partial charge in [0.25, 0.3) is 15.9 Å². The van der Waals surface area contributed by atoms with Gasteiger partial charge in [-0.3, -0.25) is 4.79 Å². The number of rotatable bonds is 2. The molecule has 0 radical (unpaired) electrons. The number of nitrogens with zero attached hydrogens (tertiary/aromatic N) is 1. The summed E-state index contributed by atoms with van der Waals surface area (Å²) in [5.74, 6) is 5.17. The predicted octanol–water partition coefficient (Wildman–Crippen LogP) is 1.18. The maximum Gasteiger partial charge on any atom is 0.263 e. The molecule has 0 aromatic heterocycles. The number of hydrogen-bond acceptors (Lipinski definition) is 4. The first-order valence-corrected chi connectivity index (χ1v) is 7.97. The minimum Gasteiger partial charge on any atom is -0.395 e. The van der Waals surface area contributed by atoms with Crippen LogP contribution in [0.4, 0.5) is 5.69 Å². The minimum absolute atomic E-state index is 0.0289. The number of carbonyl (C=O) groups is 1. The molecule has 1 aliphatic heterocycles. The molecule has 5 nitrogen and oxygen atoms in total. The number of benzene rings is 1. The molecule has 1 saturated heterocycles. The molecule has 0 spiro atoms. The van der Waals surface area contributed by atoms with Gasteiger partial charge in [-0.1, -0.05) is 17.9 Å². The van der Waals surface area contributed by atoms with Gasteiger partial charge >= 0.3 is 0 Å². The predicted molar refractivity (Wildman–Crippen MR) is 80.2 cm³/mol. The van der Waals surface area contributed by atoms with Crippen molar-refractivity contribution in [3.05, 3.63) is 29.3 Å². The number of anilines is 1. The zero-order valence-corrected chi connectivity index (χ0v) is 13.0. The highest BCUT2D eigenvalue weighted by molar-refractivity contribution is 7.98. The molecule has 0 bridgehead atoms. The number of aliphatic hydroxyl groups excluding tert-OH is 1. The lowest BCUT2D eigenvalue weighted by molar-refractivity contribution is -0.120. The molecule has 112 valence electrons. The van der Waals surface area contributed by atoms with Crippen LogP contribution in [-0.4, -0.2) is 30.8 Å². The molecule has 6 heteroatoms. The van der Waals surface area contributed by atoms with Gasteiger partial charge in [-0.05, 0) is 38.5 Å². The highest BCUT2D eigenvalue weighted by atomic mass is 32.2. The van der Waals surface area contributed by atoms with Crippen LogP contribution >= 0.6 is 0 Å². The van der Waals surface area contributed by atoms with Crippen molar-refractivity contribution in [2.45, 2.75) is 31.9 Å². The largest absolute Gasteiger partial charge is 0.395 e. The fourth-order valence-electron chi connectivity index (χ4n) is 2.02. The molecule has 1 amide bonds. The Balaban J connectivity index is 2.45. The maximum atomic E-state index is 12.2. The summed E-state index contributed by atoms with van der Waals surface area (Å²) in [6.07, 6.45) is 0.344. The van der Waals surface area contributed by atoms with Gasteiger partial charge in [-0.15, -0.1) is 0 Å². The monoisotopic (exact) mass is 307 g/mol. The van der Waals surface area contributed by atoms with Gasteiger partial charge in [0.15, 0.2) is 4.75 Å². The van der Waals surface area contributed by atoms with E-state index in [-0.39, 0.29) is 6.61 Å². The molecule has 0 atom stereocenters. The quantitative estimate of drug-likeness (QED) is 0.833. The summed E-state index contributed by atoms with van der Waals surface area (Å²) >= 11 is 0. The van der Waals surface area contributed by atoms with Crippen LogP contribution in [0, 0.1) is 18.8 Å².